The first-order valence-corrected chi connectivity index (χ1v) is 6.43. The molecule has 0 unspecified atom stereocenters. The average molecular weight is 248 g/mol. The first kappa shape index (κ1) is 12.9. The van der Waals surface area contributed by atoms with E-state index in [1.165, 1.54) is 0 Å². The summed E-state index contributed by atoms with van der Waals surface area (Å²) in [6.45, 7) is 2.74. The second kappa shape index (κ2) is 5.87. The molecule has 0 aromatic heterocycles. The Labute approximate surface area is 108 Å². The molecule has 0 atom stereocenters. The van der Waals surface area contributed by atoms with Crippen LogP contribution in [0.3, 0.4) is 0 Å². The van der Waals surface area contributed by atoms with Gasteiger partial charge in [0.1, 0.15) is 0 Å². The Morgan fingerprint density at radius 3 is 2.78 bits per heavy atom. The number of amides is 1. The Kier molecular flexibility index (Phi) is 4.20. The van der Waals surface area contributed by atoms with E-state index < -0.39 is 0 Å². The lowest BCUT2D eigenvalue weighted by molar-refractivity contribution is -0.00861. The molecule has 1 aliphatic rings. The van der Waals surface area contributed by atoms with E-state index in [0.717, 1.165) is 25.1 Å². The van der Waals surface area contributed by atoms with Gasteiger partial charge in [0.15, 0.2) is 0 Å². The molecule has 0 aliphatic heterocycles. The van der Waals surface area contributed by atoms with Crippen LogP contribution in [0.15, 0.2) is 24.3 Å². The Morgan fingerprint density at radius 2 is 2.11 bits per heavy atom. The van der Waals surface area contributed by atoms with Gasteiger partial charge < -0.3 is 15.4 Å². The van der Waals surface area contributed by atoms with Gasteiger partial charge in [-0.3, -0.25) is 4.79 Å². The Balaban J connectivity index is 1.89. The van der Waals surface area contributed by atoms with Crippen molar-refractivity contribution in [1.29, 1.82) is 0 Å². The third kappa shape index (κ3) is 2.82. The smallest absolute Gasteiger partial charge is 0.253 e. The van der Waals surface area contributed by atoms with Crippen LogP contribution in [-0.4, -0.2) is 31.7 Å². The summed E-state index contributed by atoms with van der Waals surface area (Å²) in [5.74, 6) is -0.0140. The third-order valence-corrected chi connectivity index (χ3v) is 3.27. The van der Waals surface area contributed by atoms with Gasteiger partial charge in [-0.2, -0.15) is 0 Å². The SMILES string of the molecule is CCOC1CC(NC(=O)c2ccccc2NC)C1. The zero-order chi connectivity index (χ0) is 13.0. The van der Waals surface area contributed by atoms with Crippen molar-refractivity contribution < 1.29 is 9.53 Å². The second-order valence-corrected chi connectivity index (χ2v) is 4.51. The zero-order valence-corrected chi connectivity index (χ0v) is 10.9. The highest BCUT2D eigenvalue weighted by Crippen LogP contribution is 2.24. The lowest BCUT2D eigenvalue weighted by Crippen LogP contribution is -2.47. The minimum atomic E-state index is -0.0140. The van der Waals surface area contributed by atoms with Crippen molar-refractivity contribution in [1.82, 2.24) is 5.32 Å². The molecule has 1 saturated carbocycles. The van der Waals surface area contributed by atoms with Crippen LogP contribution < -0.4 is 10.6 Å². The fourth-order valence-corrected chi connectivity index (χ4v) is 2.22. The highest BCUT2D eigenvalue weighted by atomic mass is 16.5. The van der Waals surface area contributed by atoms with E-state index in [1.54, 1.807) is 0 Å². The zero-order valence-electron chi connectivity index (χ0n) is 10.9. The molecule has 0 saturated heterocycles. The molecule has 2 N–H and O–H groups in total. The Bertz CT molecular complexity index is 414. The van der Waals surface area contributed by atoms with Crippen LogP contribution >= 0.6 is 0 Å². The standard InChI is InChI=1S/C14H20N2O2/c1-3-18-11-8-10(9-11)16-14(17)12-6-4-5-7-13(12)15-2/h4-7,10-11,15H,3,8-9H2,1-2H3,(H,16,17). The predicted octanol–water partition coefficient (Wildman–Crippen LogP) is 2.03. The molecule has 1 fully saturated rings. The van der Waals surface area contributed by atoms with E-state index in [0.29, 0.717) is 11.7 Å². The average Bonchev–Trinajstić information content (AvgIpc) is 2.36. The van der Waals surface area contributed by atoms with Gasteiger partial charge in [0.05, 0.1) is 11.7 Å². The number of carbonyl (C=O) groups excluding carboxylic acids is 1. The summed E-state index contributed by atoms with van der Waals surface area (Å²) in [6.07, 6.45) is 2.16. The predicted molar refractivity (Wildman–Crippen MR) is 71.9 cm³/mol. The topological polar surface area (TPSA) is 50.4 Å². The van der Waals surface area contributed by atoms with Gasteiger partial charge in [-0.25, -0.2) is 0 Å². The van der Waals surface area contributed by atoms with Crippen molar-refractivity contribution in [3.05, 3.63) is 29.8 Å². The maximum Gasteiger partial charge on any atom is 0.253 e. The summed E-state index contributed by atoms with van der Waals surface area (Å²) in [6, 6.07) is 7.77. The van der Waals surface area contributed by atoms with E-state index in [2.05, 4.69) is 10.6 Å². The normalized spacial score (nSPS) is 22.1. The highest BCUT2D eigenvalue weighted by Gasteiger charge is 2.31. The minimum Gasteiger partial charge on any atom is -0.387 e. The summed E-state index contributed by atoms with van der Waals surface area (Å²) < 4.78 is 5.48. The summed E-state index contributed by atoms with van der Waals surface area (Å²) in [5, 5.41) is 6.07. The van der Waals surface area contributed by atoms with Crippen LogP contribution in [-0.2, 0) is 4.74 Å². The quantitative estimate of drug-likeness (QED) is 0.838. The molecule has 4 heteroatoms. The lowest BCUT2D eigenvalue weighted by Gasteiger charge is -2.35. The van der Waals surface area contributed by atoms with Crippen LogP contribution in [0.5, 0.6) is 0 Å². The monoisotopic (exact) mass is 248 g/mol. The Morgan fingerprint density at radius 1 is 1.39 bits per heavy atom. The van der Waals surface area contributed by atoms with Crippen LogP contribution in [0.2, 0.25) is 0 Å². The molecule has 98 valence electrons. The number of ether oxygens (including phenoxy) is 1. The van der Waals surface area contributed by atoms with Crippen molar-refractivity contribution >= 4 is 11.6 Å². The number of benzene rings is 1. The third-order valence-electron chi connectivity index (χ3n) is 3.27. The van der Waals surface area contributed by atoms with Gasteiger partial charge in [0.25, 0.3) is 5.91 Å². The van der Waals surface area contributed by atoms with E-state index >= 15 is 0 Å². The molecule has 1 aliphatic carbocycles. The lowest BCUT2D eigenvalue weighted by atomic mass is 9.89. The van der Waals surface area contributed by atoms with E-state index in [4.69, 9.17) is 4.74 Å². The summed E-state index contributed by atoms with van der Waals surface area (Å²) >= 11 is 0. The molecule has 4 nitrogen and oxygen atoms in total. The maximum atomic E-state index is 12.1. The van der Waals surface area contributed by atoms with E-state index in [-0.39, 0.29) is 11.9 Å². The first-order valence-electron chi connectivity index (χ1n) is 6.43. The fourth-order valence-electron chi connectivity index (χ4n) is 2.22. The van der Waals surface area contributed by atoms with Gasteiger partial charge in [0, 0.05) is 25.4 Å². The first-order chi connectivity index (χ1) is 8.74. The van der Waals surface area contributed by atoms with Crippen molar-refractivity contribution in [3.8, 4) is 0 Å². The highest BCUT2D eigenvalue weighted by molar-refractivity contribution is 5.99. The number of anilines is 1. The largest absolute Gasteiger partial charge is 0.387 e. The van der Waals surface area contributed by atoms with Gasteiger partial charge in [-0.1, -0.05) is 12.1 Å². The number of nitrogens with one attached hydrogen (secondary N) is 2. The molecule has 0 bridgehead atoms. The number of hydrogen-bond acceptors (Lipinski definition) is 3. The number of hydrogen-bond donors (Lipinski definition) is 2. The summed E-state index contributed by atoms with van der Waals surface area (Å²) in [5.41, 5.74) is 1.55. The van der Waals surface area contributed by atoms with Crippen LogP contribution in [0.25, 0.3) is 0 Å². The number of carbonyl (C=O) groups is 1. The van der Waals surface area contributed by atoms with Crippen LogP contribution in [0.1, 0.15) is 30.1 Å². The summed E-state index contributed by atoms with van der Waals surface area (Å²) in [7, 11) is 1.82. The molecule has 0 spiro atoms. The fraction of sp³-hybridized carbons (Fsp3) is 0.500. The molecular formula is C14H20N2O2. The van der Waals surface area contributed by atoms with E-state index in [9.17, 15) is 4.79 Å². The molecule has 0 heterocycles. The van der Waals surface area contributed by atoms with Gasteiger partial charge in [-0.05, 0) is 31.9 Å². The molecule has 1 aromatic rings. The van der Waals surface area contributed by atoms with Gasteiger partial charge >= 0.3 is 0 Å². The maximum absolute atomic E-state index is 12.1. The summed E-state index contributed by atoms with van der Waals surface area (Å²) in [4.78, 5) is 12.1. The van der Waals surface area contributed by atoms with Crippen molar-refractivity contribution in [3.63, 3.8) is 0 Å². The minimum absolute atomic E-state index is 0.0140. The molecule has 1 aromatic carbocycles. The van der Waals surface area contributed by atoms with Crippen molar-refractivity contribution in [2.24, 2.45) is 0 Å². The molecule has 2 rings (SSSR count). The van der Waals surface area contributed by atoms with Crippen molar-refractivity contribution in [2.45, 2.75) is 31.9 Å². The second-order valence-electron chi connectivity index (χ2n) is 4.51. The molecule has 0 radical (unpaired) electrons. The molecule has 1 amide bonds. The molecule has 18 heavy (non-hydrogen) atoms. The molecular weight excluding hydrogens is 228 g/mol. The number of rotatable bonds is 5. The Hall–Kier alpha value is -1.55. The number of para-hydroxylation sites is 1. The van der Waals surface area contributed by atoms with Crippen LogP contribution in [0.4, 0.5) is 5.69 Å². The van der Waals surface area contributed by atoms with Gasteiger partial charge in [0.2, 0.25) is 0 Å². The van der Waals surface area contributed by atoms with E-state index in [1.807, 2.05) is 38.2 Å². The van der Waals surface area contributed by atoms with Crippen LogP contribution in [0, 0.1) is 0 Å². The van der Waals surface area contributed by atoms with Crippen molar-refractivity contribution in [2.75, 3.05) is 19.0 Å². The van der Waals surface area contributed by atoms with Gasteiger partial charge in [-0.15, -0.1) is 0 Å².